The molecular formula is C13H14N4O. The van der Waals surface area contributed by atoms with Crippen LogP contribution in [0.25, 0.3) is 11.3 Å². The molecule has 0 radical (unpaired) electrons. The van der Waals surface area contributed by atoms with Crippen molar-refractivity contribution >= 4 is 11.7 Å². The Hall–Kier alpha value is -2.30. The predicted molar refractivity (Wildman–Crippen MR) is 68.8 cm³/mol. The monoisotopic (exact) mass is 242 g/mol. The smallest absolute Gasteiger partial charge is 0.225 e. The fourth-order valence-corrected chi connectivity index (χ4v) is 1.50. The summed E-state index contributed by atoms with van der Waals surface area (Å²) in [5.74, 6) is 0.540. The molecule has 0 aliphatic carbocycles. The highest BCUT2D eigenvalue weighted by Gasteiger charge is 2.03. The van der Waals surface area contributed by atoms with Gasteiger partial charge >= 0.3 is 0 Å². The van der Waals surface area contributed by atoms with E-state index in [4.69, 9.17) is 0 Å². The number of hydrogen-bond donors (Lipinski definition) is 1. The lowest BCUT2D eigenvalue weighted by Gasteiger charge is -2.04. The van der Waals surface area contributed by atoms with E-state index < -0.39 is 0 Å². The van der Waals surface area contributed by atoms with Crippen molar-refractivity contribution in [3.63, 3.8) is 0 Å². The quantitative estimate of drug-likeness (QED) is 0.893. The van der Waals surface area contributed by atoms with Crippen LogP contribution in [0.1, 0.15) is 19.8 Å². The number of rotatable bonds is 4. The van der Waals surface area contributed by atoms with Crippen LogP contribution < -0.4 is 5.32 Å². The molecular weight excluding hydrogens is 228 g/mol. The van der Waals surface area contributed by atoms with Gasteiger partial charge in [-0.25, -0.2) is 4.98 Å². The molecule has 0 saturated heterocycles. The van der Waals surface area contributed by atoms with Crippen molar-refractivity contribution in [1.29, 1.82) is 0 Å². The summed E-state index contributed by atoms with van der Waals surface area (Å²) >= 11 is 0. The van der Waals surface area contributed by atoms with E-state index in [1.54, 1.807) is 30.9 Å². The molecule has 0 bridgehead atoms. The summed E-state index contributed by atoms with van der Waals surface area (Å²) in [6.07, 6.45) is 7.93. The first-order chi connectivity index (χ1) is 8.79. The lowest BCUT2D eigenvalue weighted by atomic mass is 10.2. The van der Waals surface area contributed by atoms with Gasteiger partial charge in [0.05, 0.1) is 11.9 Å². The minimum Gasteiger partial charge on any atom is -0.311 e. The molecule has 92 valence electrons. The summed E-state index contributed by atoms with van der Waals surface area (Å²) in [6.45, 7) is 1.96. The van der Waals surface area contributed by atoms with Crippen molar-refractivity contribution < 1.29 is 4.79 Å². The molecule has 0 aliphatic heterocycles. The SMILES string of the molecule is CCCC(=O)Nc1ccc(-c2cnccn2)cn1. The van der Waals surface area contributed by atoms with Gasteiger partial charge < -0.3 is 5.32 Å². The first-order valence-corrected chi connectivity index (χ1v) is 5.82. The number of nitrogens with zero attached hydrogens (tertiary/aromatic N) is 3. The van der Waals surface area contributed by atoms with Gasteiger partial charge in [-0.15, -0.1) is 0 Å². The Kier molecular flexibility index (Phi) is 3.96. The van der Waals surface area contributed by atoms with Crippen molar-refractivity contribution in [3.8, 4) is 11.3 Å². The van der Waals surface area contributed by atoms with Crippen molar-refractivity contribution in [2.24, 2.45) is 0 Å². The Bertz CT molecular complexity index is 510. The third kappa shape index (κ3) is 3.10. The highest BCUT2D eigenvalue weighted by Crippen LogP contribution is 2.15. The molecule has 0 spiro atoms. The summed E-state index contributed by atoms with van der Waals surface area (Å²) in [4.78, 5) is 23.7. The van der Waals surface area contributed by atoms with Crippen LogP contribution in [0.5, 0.6) is 0 Å². The first kappa shape index (κ1) is 12.2. The van der Waals surface area contributed by atoms with E-state index in [-0.39, 0.29) is 5.91 Å². The van der Waals surface area contributed by atoms with Crippen LogP contribution in [0.4, 0.5) is 5.82 Å². The van der Waals surface area contributed by atoms with Crippen LogP contribution in [0.2, 0.25) is 0 Å². The number of nitrogens with one attached hydrogen (secondary N) is 1. The largest absolute Gasteiger partial charge is 0.311 e. The zero-order chi connectivity index (χ0) is 12.8. The number of hydrogen-bond acceptors (Lipinski definition) is 4. The molecule has 5 heteroatoms. The summed E-state index contributed by atoms with van der Waals surface area (Å²) in [6, 6.07) is 3.62. The number of aromatic nitrogens is 3. The number of anilines is 1. The van der Waals surface area contributed by atoms with Crippen LogP contribution in [0.3, 0.4) is 0 Å². The number of amides is 1. The van der Waals surface area contributed by atoms with Crippen molar-refractivity contribution in [2.75, 3.05) is 5.32 Å². The normalized spacial score (nSPS) is 10.1. The topological polar surface area (TPSA) is 67.8 Å². The van der Waals surface area contributed by atoms with Gasteiger partial charge in [0.15, 0.2) is 0 Å². The second kappa shape index (κ2) is 5.86. The van der Waals surface area contributed by atoms with Gasteiger partial charge in [0.1, 0.15) is 5.82 Å². The molecule has 2 heterocycles. The van der Waals surface area contributed by atoms with Crippen molar-refractivity contribution in [2.45, 2.75) is 19.8 Å². The highest BCUT2D eigenvalue weighted by atomic mass is 16.1. The average Bonchev–Trinajstić information content (AvgIpc) is 2.41. The van der Waals surface area contributed by atoms with E-state index in [0.717, 1.165) is 17.7 Å². The molecule has 1 N–H and O–H groups in total. The second-order valence-corrected chi connectivity index (χ2v) is 3.82. The minimum atomic E-state index is -0.0164. The maximum Gasteiger partial charge on any atom is 0.225 e. The first-order valence-electron chi connectivity index (χ1n) is 5.82. The molecule has 2 rings (SSSR count). The number of pyridine rings is 1. The average molecular weight is 242 g/mol. The fourth-order valence-electron chi connectivity index (χ4n) is 1.50. The maximum atomic E-state index is 11.4. The highest BCUT2D eigenvalue weighted by molar-refractivity contribution is 5.89. The van der Waals surface area contributed by atoms with Crippen LogP contribution in [-0.4, -0.2) is 20.9 Å². The summed E-state index contributed by atoms with van der Waals surface area (Å²) < 4.78 is 0. The second-order valence-electron chi connectivity index (χ2n) is 3.82. The number of carbonyl (C=O) groups is 1. The molecule has 2 aromatic rings. The van der Waals surface area contributed by atoms with Gasteiger partial charge in [0.2, 0.25) is 5.91 Å². The lowest BCUT2D eigenvalue weighted by Crippen LogP contribution is -2.11. The van der Waals surface area contributed by atoms with Crippen LogP contribution in [0.15, 0.2) is 36.9 Å². The van der Waals surface area contributed by atoms with Gasteiger partial charge in [-0.3, -0.25) is 14.8 Å². The lowest BCUT2D eigenvalue weighted by molar-refractivity contribution is -0.116. The molecule has 18 heavy (non-hydrogen) atoms. The van der Waals surface area contributed by atoms with Gasteiger partial charge in [0.25, 0.3) is 0 Å². The van der Waals surface area contributed by atoms with E-state index in [9.17, 15) is 4.79 Å². The van der Waals surface area contributed by atoms with Crippen LogP contribution in [-0.2, 0) is 4.79 Å². The maximum absolute atomic E-state index is 11.4. The molecule has 0 fully saturated rings. The molecule has 0 unspecified atom stereocenters. The Morgan fingerprint density at radius 3 is 2.72 bits per heavy atom. The molecule has 0 aliphatic rings. The number of carbonyl (C=O) groups excluding carboxylic acids is 1. The molecule has 0 saturated carbocycles. The van der Waals surface area contributed by atoms with Crippen LogP contribution >= 0.6 is 0 Å². The van der Waals surface area contributed by atoms with Gasteiger partial charge in [0, 0.05) is 30.6 Å². The Balaban J connectivity index is 2.09. The van der Waals surface area contributed by atoms with Gasteiger partial charge in [-0.2, -0.15) is 0 Å². The van der Waals surface area contributed by atoms with Gasteiger partial charge in [-0.05, 0) is 18.6 Å². The summed E-state index contributed by atoms with van der Waals surface area (Å²) in [5.41, 5.74) is 1.63. The molecule has 0 aromatic carbocycles. The summed E-state index contributed by atoms with van der Waals surface area (Å²) in [7, 11) is 0. The fraction of sp³-hybridized carbons (Fsp3) is 0.231. The molecule has 5 nitrogen and oxygen atoms in total. The van der Waals surface area contributed by atoms with Gasteiger partial charge in [-0.1, -0.05) is 6.92 Å². The third-order valence-corrected chi connectivity index (χ3v) is 2.37. The Morgan fingerprint density at radius 2 is 2.11 bits per heavy atom. The zero-order valence-electron chi connectivity index (χ0n) is 10.1. The van der Waals surface area contributed by atoms with E-state index in [0.29, 0.717) is 12.2 Å². The minimum absolute atomic E-state index is 0.0164. The Labute approximate surface area is 105 Å². The van der Waals surface area contributed by atoms with Crippen molar-refractivity contribution in [3.05, 3.63) is 36.9 Å². The molecule has 2 aromatic heterocycles. The standard InChI is InChI=1S/C13H14N4O/c1-2-3-13(18)17-12-5-4-10(8-16-12)11-9-14-6-7-15-11/h4-9H,2-3H2,1H3,(H,16,17,18). The molecule has 0 atom stereocenters. The summed E-state index contributed by atoms with van der Waals surface area (Å²) in [5, 5.41) is 2.74. The van der Waals surface area contributed by atoms with Crippen molar-refractivity contribution in [1.82, 2.24) is 15.0 Å². The van der Waals surface area contributed by atoms with E-state index >= 15 is 0 Å². The predicted octanol–water partition coefficient (Wildman–Crippen LogP) is 2.28. The zero-order valence-corrected chi connectivity index (χ0v) is 10.1. The van der Waals surface area contributed by atoms with E-state index in [2.05, 4.69) is 20.3 Å². The third-order valence-electron chi connectivity index (χ3n) is 2.37. The molecule has 1 amide bonds. The van der Waals surface area contributed by atoms with E-state index in [1.165, 1.54) is 0 Å². The van der Waals surface area contributed by atoms with Crippen LogP contribution in [0, 0.1) is 0 Å². The van der Waals surface area contributed by atoms with E-state index in [1.807, 2.05) is 13.0 Å². The Morgan fingerprint density at radius 1 is 1.22 bits per heavy atom.